The maximum atomic E-state index is 11.0. The predicted octanol–water partition coefficient (Wildman–Crippen LogP) is 3.22. The zero-order chi connectivity index (χ0) is 18.1. The third-order valence-corrected chi connectivity index (χ3v) is 4.87. The van der Waals surface area contributed by atoms with Crippen LogP contribution < -0.4 is 10.6 Å². The van der Waals surface area contributed by atoms with E-state index in [4.69, 9.17) is 4.99 Å². The summed E-state index contributed by atoms with van der Waals surface area (Å²) in [7, 11) is 0. The molecule has 1 aromatic rings. The molecule has 2 atom stereocenters. The quantitative estimate of drug-likeness (QED) is 0.289. The Morgan fingerprint density at radius 3 is 2.58 bits per heavy atom. The van der Waals surface area contributed by atoms with Crippen molar-refractivity contribution in [1.29, 1.82) is 0 Å². The fourth-order valence-electron chi connectivity index (χ4n) is 3.60. The third-order valence-electron chi connectivity index (χ3n) is 4.87. The third kappa shape index (κ3) is 6.78. The van der Waals surface area contributed by atoms with Gasteiger partial charge in [-0.2, -0.15) is 0 Å². The molecule has 1 fully saturated rings. The van der Waals surface area contributed by atoms with Crippen molar-refractivity contribution in [3.05, 3.63) is 35.9 Å². The lowest BCUT2D eigenvalue weighted by Crippen LogP contribution is -2.48. The summed E-state index contributed by atoms with van der Waals surface area (Å²) in [6, 6.07) is 10.9. The number of guanidine groups is 1. The second kappa shape index (κ2) is 12.1. The summed E-state index contributed by atoms with van der Waals surface area (Å²) in [5, 5.41) is 6.21. The van der Waals surface area contributed by atoms with E-state index >= 15 is 0 Å². The zero-order valence-corrected chi connectivity index (χ0v) is 18.5. The molecular formula is C20H33IN4O. The average Bonchev–Trinajstić information content (AvgIpc) is 2.64. The lowest BCUT2D eigenvalue weighted by Gasteiger charge is -2.40. The largest absolute Gasteiger partial charge is 0.357 e. The highest BCUT2D eigenvalue weighted by Crippen LogP contribution is 2.34. The highest BCUT2D eigenvalue weighted by atomic mass is 127. The van der Waals surface area contributed by atoms with Gasteiger partial charge in [-0.15, -0.1) is 24.0 Å². The Bertz CT molecular complexity index is 564. The Balaban J connectivity index is 0.00000338. The lowest BCUT2D eigenvalue weighted by atomic mass is 9.79. The molecule has 2 N–H and O–H groups in total. The Morgan fingerprint density at radius 1 is 1.23 bits per heavy atom. The Morgan fingerprint density at radius 2 is 1.96 bits per heavy atom. The van der Waals surface area contributed by atoms with Gasteiger partial charge in [0.05, 0.1) is 6.54 Å². The van der Waals surface area contributed by atoms with Gasteiger partial charge in [0.15, 0.2) is 5.96 Å². The number of likely N-dealkylation sites (tertiary alicyclic amines) is 1. The monoisotopic (exact) mass is 472 g/mol. The maximum Gasteiger partial charge on any atom is 0.216 e. The number of aliphatic imine (C=N–C) groups is 1. The minimum absolute atomic E-state index is 0. The van der Waals surface area contributed by atoms with Crippen molar-refractivity contribution in [2.75, 3.05) is 32.7 Å². The molecule has 0 spiro atoms. The number of carbonyl (C=O) groups excluding carboxylic acids is 1. The number of nitrogens with one attached hydrogen (secondary N) is 2. The van der Waals surface area contributed by atoms with Gasteiger partial charge in [0, 0.05) is 33.1 Å². The molecule has 146 valence electrons. The van der Waals surface area contributed by atoms with Gasteiger partial charge in [-0.1, -0.05) is 43.7 Å². The molecule has 0 aromatic heterocycles. The molecule has 1 heterocycles. The van der Waals surface area contributed by atoms with Gasteiger partial charge in [-0.3, -0.25) is 9.79 Å². The molecule has 1 aromatic carbocycles. The van der Waals surface area contributed by atoms with E-state index in [1.807, 2.05) is 0 Å². The number of rotatable bonds is 6. The van der Waals surface area contributed by atoms with Crippen LogP contribution in [0.2, 0.25) is 0 Å². The van der Waals surface area contributed by atoms with Gasteiger partial charge in [-0.25, -0.2) is 0 Å². The molecule has 5 nitrogen and oxygen atoms in total. The van der Waals surface area contributed by atoms with Crippen molar-refractivity contribution >= 4 is 35.8 Å². The fraction of sp³-hybridized carbons (Fsp3) is 0.600. The highest BCUT2D eigenvalue weighted by molar-refractivity contribution is 14.0. The summed E-state index contributed by atoms with van der Waals surface area (Å²) < 4.78 is 0. The second-order valence-corrected chi connectivity index (χ2v) is 6.64. The summed E-state index contributed by atoms with van der Waals surface area (Å²) >= 11 is 0. The van der Waals surface area contributed by atoms with E-state index in [-0.39, 0.29) is 29.9 Å². The van der Waals surface area contributed by atoms with Crippen molar-refractivity contribution < 1.29 is 4.79 Å². The van der Waals surface area contributed by atoms with Gasteiger partial charge >= 0.3 is 0 Å². The molecular weight excluding hydrogens is 439 g/mol. The summed E-state index contributed by atoms with van der Waals surface area (Å²) in [5.74, 6) is 2.23. The standard InChI is InChI=1S/C20H32N4O.HI/c1-4-17-15-24(14-11-19(17)18-9-7-6-8-10-18)20(21-5-2)23-13-12-22-16(3)25;/h6-10,17,19H,4-5,11-15H2,1-3H3,(H,21,23)(H,22,25);1H. The van der Waals surface area contributed by atoms with Crippen LogP contribution in [0.4, 0.5) is 0 Å². The predicted molar refractivity (Wildman–Crippen MR) is 119 cm³/mol. The first-order valence-corrected chi connectivity index (χ1v) is 9.48. The summed E-state index contributed by atoms with van der Waals surface area (Å²) in [4.78, 5) is 18.1. The van der Waals surface area contributed by atoms with E-state index in [9.17, 15) is 4.79 Å². The van der Waals surface area contributed by atoms with E-state index in [2.05, 4.69) is 59.7 Å². The minimum atomic E-state index is -0.00470. The second-order valence-electron chi connectivity index (χ2n) is 6.64. The Labute approximate surface area is 175 Å². The number of nitrogens with zero attached hydrogens (tertiary/aromatic N) is 2. The molecule has 1 aliphatic rings. The molecule has 0 aliphatic carbocycles. The van der Waals surface area contributed by atoms with Crippen LogP contribution in [0.25, 0.3) is 0 Å². The SMILES string of the molecule is CCNC(=NCCNC(C)=O)N1CCC(c2ccccc2)C(CC)C1.I. The van der Waals surface area contributed by atoms with Crippen LogP contribution in [0.1, 0.15) is 45.1 Å². The molecule has 1 saturated heterocycles. The molecule has 1 amide bonds. The fourth-order valence-corrected chi connectivity index (χ4v) is 3.60. The van der Waals surface area contributed by atoms with Crippen LogP contribution in [0, 0.1) is 5.92 Å². The number of piperidine rings is 1. The first-order valence-electron chi connectivity index (χ1n) is 9.48. The molecule has 0 saturated carbocycles. The molecule has 0 bridgehead atoms. The molecule has 0 radical (unpaired) electrons. The van der Waals surface area contributed by atoms with Crippen molar-refractivity contribution in [3.63, 3.8) is 0 Å². The lowest BCUT2D eigenvalue weighted by molar-refractivity contribution is -0.118. The number of carbonyl (C=O) groups is 1. The van der Waals surface area contributed by atoms with Gasteiger partial charge in [0.2, 0.25) is 5.91 Å². The minimum Gasteiger partial charge on any atom is -0.357 e. The molecule has 6 heteroatoms. The van der Waals surface area contributed by atoms with E-state index in [0.29, 0.717) is 24.9 Å². The smallest absolute Gasteiger partial charge is 0.216 e. The van der Waals surface area contributed by atoms with Crippen LogP contribution >= 0.6 is 24.0 Å². The van der Waals surface area contributed by atoms with Gasteiger partial charge in [0.1, 0.15) is 0 Å². The first kappa shape index (κ1) is 22.7. The molecule has 26 heavy (non-hydrogen) atoms. The van der Waals surface area contributed by atoms with Crippen LogP contribution in [0.5, 0.6) is 0 Å². The van der Waals surface area contributed by atoms with Crippen LogP contribution in [0.15, 0.2) is 35.3 Å². The normalized spacial score (nSPS) is 20.3. The molecule has 1 aliphatic heterocycles. The number of amides is 1. The highest BCUT2D eigenvalue weighted by Gasteiger charge is 2.30. The van der Waals surface area contributed by atoms with E-state index in [0.717, 1.165) is 32.0 Å². The van der Waals surface area contributed by atoms with Crippen LogP contribution in [-0.2, 0) is 4.79 Å². The topological polar surface area (TPSA) is 56.7 Å². The summed E-state index contributed by atoms with van der Waals surface area (Å²) in [6.45, 7) is 10.0. The number of hydrogen-bond donors (Lipinski definition) is 2. The number of halogens is 1. The van der Waals surface area contributed by atoms with E-state index in [1.54, 1.807) is 0 Å². The first-order chi connectivity index (χ1) is 12.2. The van der Waals surface area contributed by atoms with Crippen molar-refractivity contribution in [1.82, 2.24) is 15.5 Å². The molecule has 2 rings (SSSR count). The Hall–Kier alpha value is -1.31. The Kier molecular flexibility index (Phi) is 10.6. The van der Waals surface area contributed by atoms with Crippen LogP contribution in [-0.4, -0.2) is 49.5 Å². The van der Waals surface area contributed by atoms with Crippen molar-refractivity contribution in [2.24, 2.45) is 10.9 Å². The maximum absolute atomic E-state index is 11.0. The van der Waals surface area contributed by atoms with Crippen molar-refractivity contribution in [2.45, 2.75) is 39.5 Å². The summed E-state index contributed by atoms with van der Waals surface area (Å²) in [6.07, 6.45) is 2.32. The molecule has 2 unspecified atom stereocenters. The average molecular weight is 472 g/mol. The van der Waals surface area contributed by atoms with E-state index in [1.165, 1.54) is 18.9 Å². The van der Waals surface area contributed by atoms with Gasteiger partial charge in [-0.05, 0) is 30.7 Å². The van der Waals surface area contributed by atoms with Crippen molar-refractivity contribution in [3.8, 4) is 0 Å². The zero-order valence-electron chi connectivity index (χ0n) is 16.2. The van der Waals surface area contributed by atoms with Crippen LogP contribution in [0.3, 0.4) is 0 Å². The van der Waals surface area contributed by atoms with E-state index < -0.39 is 0 Å². The number of hydrogen-bond acceptors (Lipinski definition) is 2. The van der Waals surface area contributed by atoms with Gasteiger partial charge in [0.25, 0.3) is 0 Å². The van der Waals surface area contributed by atoms with Gasteiger partial charge < -0.3 is 15.5 Å². The summed E-state index contributed by atoms with van der Waals surface area (Å²) in [5.41, 5.74) is 1.46. The number of benzene rings is 1.